The summed E-state index contributed by atoms with van der Waals surface area (Å²) in [6, 6.07) is 13.7. The Kier molecular flexibility index (Phi) is 7.14. The van der Waals surface area contributed by atoms with Crippen LogP contribution >= 0.6 is 0 Å². The molecule has 0 aliphatic carbocycles. The highest BCUT2D eigenvalue weighted by atomic mass is 16.5. The van der Waals surface area contributed by atoms with Gasteiger partial charge in [-0.1, -0.05) is 29.8 Å². The molecular formula is C20H26N2O3. The van der Waals surface area contributed by atoms with Gasteiger partial charge in [0.15, 0.2) is 0 Å². The minimum Gasteiger partial charge on any atom is -0.496 e. The van der Waals surface area contributed by atoms with E-state index in [4.69, 9.17) is 9.47 Å². The predicted octanol–water partition coefficient (Wildman–Crippen LogP) is 3.23. The van der Waals surface area contributed by atoms with Crippen molar-refractivity contribution in [2.45, 2.75) is 20.3 Å². The van der Waals surface area contributed by atoms with Crippen molar-refractivity contribution in [3.8, 4) is 11.5 Å². The topological polar surface area (TPSA) is 59.6 Å². The van der Waals surface area contributed by atoms with Crippen LogP contribution < -0.4 is 20.1 Å². The molecule has 0 fully saturated rings. The first-order valence-corrected chi connectivity index (χ1v) is 8.43. The molecule has 2 rings (SSSR count). The molecule has 0 saturated heterocycles. The van der Waals surface area contributed by atoms with E-state index < -0.39 is 0 Å². The van der Waals surface area contributed by atoms with E-state index in [0.717, 1.165) is 29.0 Å². The SMILES string of the molecule is COc1ccc(C)cc1CCNC(=O)NCCOc1cccc(C)c1. The average molecular weight is 342 g/mol. The van der Waals surface area contributed by atoms with Crippen molar-refractivity contribution in [2.75, 3.05) is 26.8 Å². The van der Waals surface area contributed by atoms with Crippen molar-refractivity contribution in [1.29, 1.82) is 0 Å². The molecule has 2 N–H and O–H groups in total. The quantitative estimate of drug-likeness (QED) is 0.724. The van der Waals surface area contributed by atoms with Gasteiger partial charge in [-0.3, -0.25) is 0 Å². The number of urea groups is 1. The molecule has 0 spiro atoms. The molecule has 134 valence electrons. The highest BCUT2D eigenvalue weighted by Crippen LogP contribution is 2.19. The van der Waals surface area contributed by atoms with E-state index in [1.54, 1.807) is 7.11 Å². The second kappa shape index (κ2) is 9.57. The Morgan fingerprint density at radius 2 is 1.76 bits per heavy atom. The molecule has 0 heterocycles. The maximum absolute atomic E-state index is 11.8. The molecular weight excluding hydrogens is 316 g/mol. The van der Waals surface area contributed by atoms with Crippen molar-refractivity contribution in [3.63, 3.8) is 0 Å². The summed E-state index contributed by atoms with van der Waals surface area (Å²) in [7, 11) is 1.66. The lowest BCUT2D eigenvalue weighted by Crippen LogP contribution is -2.38. The van der Waals surface area contributed by atoms with E-state index in [1.165, 1.54) is 5.56 Å². The number of amides is 2. The number of ether oxygens (including phenoxy) is 2. The normalized spacial score (nSPS) is 10.2. The molecule has 0 radical (unpaired) electrons. The average Bonchev–Trinajstić information content (AvgIpc) is 2.59. The second-order valence-electron chi connectivity index (χ2n) is 5.91. The van der Waals surface area contributed by atoms with Crippen molar-refractivity contribution < 1.29 is 14.3 Å². The Hall–Kier alpha value is -2.69. The first-order valence-electron chi connectivity index (χ1n) is 8.43. The van der Waals surface area contributed by atoms with Crippen LogP contribution in [0.5, 0.6) is 11.5 Å². The number of hydrogen-bond acceptors (Lipinski definition) is 3. The highest BCUT2D eigenvalue weighted by molar-refractivity contribution is 5.73. The molecule has 5 heteroatoms. The lowest BCUT2D eigenvalue weighted by molar-refractivity contribution is 0.236. The predicted molar refractivity (Wildman–Crippen MR) is 99.5 cm³/mol. The monoisotopic (exact) mass is 342 g/mol. The summed E-state index contributed by atoms with van der Waals surface area (Å²) in [4.78, 5) is 11.8. The zero-order valence-corrected chi connectivity index (χ0v) is 15.1. The standard InChI is InChI=1S/C20H26N2O3/c1-15-5-4-6-18(14-15)25-12-11-22-20(23)21-10-9-17-13-16(2)7-8-19(17)24-3/h4-8,13-14H,9-12H2,1-3H3,(H2,21,22,23). The van der Waals surface area contributed by atoms with Crippen LogP contribution in [0.25, 0.3) is 0 Å². The van der Waals surface area contributed by atoms with Crippen molar-refractivity contribution in [1.82, 2.24) is 10.6 Å². The van der Waals surface area contributed by atoms with Gasteiger partial charge >= 0.3 is 6.03 Å². The van der Waals surface area contributed by atoms with Gasteiger partial charge in [0.05, 0.1) is 13.7 Å². The van der Waals surface area contributed by atoms with Crippen LogP contribution in [-0.4, -0.2) is 32.8 Å². The molecule has 0 atom stereocenters. The maximum Gasteiger partial charge on any atom is 0.314 e. The van der Waals surface area contributed by atoms with Crippen LogP contribution in [0.4, 0.5) is 4.79 Å². The minimum atomic E-state index is -0.195. The van der Waals surface area contributed by atoms with E-state index in [1.807, 2.05) is 50.2 Å². The van der Waals surface area contributed by atoms with Crippen LogP contribution in [0.1, 0.15) is 16.7 Å². The third-order valence-electron chi connectivity index (χ3n) is 3.76. The van der Waals surface area contributed by atoms with Gasteiger partial charge < -0.3 is 20.1 Å². The fourth-order valence-corrected chi connectivity index (χ4v) is 2.51. The first-order chi connectivity index (χ1) is 12.1. The Bertz CT molecular complexity index is 701. The number of benzene rings is 2. The zero-order chi connectivity index (χ0) is 18.1. The van der Waals surface area contributed by atoms with Crippen LogP contribution in [0.2, 0.25) is 0 Å². The summed E-state index contributed by atoms with van der Waals surface area (Å²) in [5, 5.41) is 5.64. The number of methoxy groups -OCH3 is 1. The van der Waals surface area contributed by atoms with Gasteiger partial charge in [-0.15, -0.1) is 0 Å². The van der Waals surface area contributed by atoms with Gasteiger partial charge in [0.1, 0.15) is 18.1 Å². The molecule has 25 heavy (non-hydrogen) atoms. The molecule has 0 aliphatic heterocycles. The summed E-state index contributed by atoms with van der Waals surface area (Å²) in [5.74, 6) is 1.66. The summed E-state index contributed by atoms with van der Waals surface area (Å²) in [6.45, 7) is 5.49. The lowest BCUT2D eigenvalue weighted by atomic mass is 10.1. The maximum atomic E-state index is 11.8. The molecule has 0 unspecified atom stereocenters. The smallest absolute Gasteiger partial charge is 0.314 e. The van der Waals surface area contributed by atoms with Gasteiger partial charge in [-0.25, -0.2) is 4.79 Å². The molecule has 0 saturated carbocycles. The van der Waals surface area contributed by atoms with Crippen molar-refractivity contribution in [2.24, 2.45) is 0 Å². The van der Waals surface area contributed by atoms with Gasteiger partial charge in [0.2, 0.25) is 0 Å². The largest absolute Gasteiger partial charge is 0.496 e. The summed E-state index contributed by atoms with van der Waals surface area (Å²) in [5.41, 5.74) is 3.41. The van der Waals surface area contributed by atoms with Crippen LogP contribution in [0.3, 0.4) is 0 Å². The number of nitrogens with one attached hydrogen (secondary N) is 2. The Balaban J connectivity index is 1.65. The molecule has 0 bridgehead atoms. The number of carbonyl (C=O) groups excluding carboxylic acids is 1. The Labute approximate surface area is 149 Å². The third-order valence-corrected chi connectivity index (χ3v) is 3.76. The molecule has 2 aromatic carbocycles. The highest BCUT2D eigenvalue weighted by Gasteiger charge is 2.05. The Morgan fingerprint density at radius 3 is 2.52 bits per heavy atom. The molecule has 0 aliphatic rings. The van der Waals surface area contributed by atoms with E-state index in [2.05, 4.69) is 16.7 Å². The van der Waals surface area contributed by atoms with Crippen molar-refractivity contribution in [3.05, 3.63) is 59.2 Å². The molecule has 2 amide bonds. The van der Waals surface area contributed by atoms with Gasteiger partial charge in [-0.05, 0) is 49.6 Å². The summed E-state index contributed by atoms with van der Waals surface area (Å²) < 4.78 is 10.9. The van der Waals surface area contributed by atoms with E-state index >= 15 is 0 Å². The molecule has 0 aromatic heterocycles. The zero-order valence-electron chi connectivity index (χ0n) is 15.1. The first kappa shape index (κ1) is 18.6. The number of hydrogen-bond donors (Lipinski definition) is 2. The van der Waals surface area contributed by atoms with E-state index in [0.29, 0.717) is 19.7 Å². The summed E-state index contributed by atoms with van der Waals surface area (Å²) in [6.07, 6.45) is 0.720. The Morgan fingerprint density at radius 1 is 1.00 bits per heavy atom. The van der Waals surface area contributed by atoms with Crippen molar-refractivity contribution >= 4 is 6.03 Å². The third kappa shape index (κ3) is 6.37. The minimum absolute atomic E-state index is 0.195. The van der Waals surface area contributed by atoms with Crippen LogP contribution in [0, 0.1) is 13.8 Å². The lowest BCUT2D eigenvalue weighted by Gasteiger charge is -2.11. The number of carbonyl (C=O) groups is 1. The van der Waals surface area contributed by atoms with Crippen LogP contribution in [0.15, 0.2) is 42.5 Å². The fraction of sp³-hybridized carbons (Fsp3) is 0.350. The van der Waals surface area contributed by atoms with E-state index in [-0.39, 0.29) is 6.03 Å². The molecule has 5 nitrogen and oxygen atoms in total. The number of aryl methyl sites for hydroxylation is 2. The van der Waals surface area contributed by atoms with Gasteiger partial charge in [-0.2, -0.15) is 0 Å². The van der Waals surface area contributed by atoms with E-state index in [9.17, 15) is 4.79 Å². The fourth-order valence-electron chi connectivity index (χ4n) is 2.51. The summed E-state index contributed by atoms with van der Waals surface area (Å²) >= 11 is 0. The molecule has 2 aromatic rings. The number of rotatable bonds is 8. The van der Waals surface area contributed by atoms with Crippen LogP contribution in [-0.2, 0) is 6.42 Å². The van der Waals surface area contributed by atoms with Gasteiger partial charge in [0, 0.05) is 6.54 Å². The van der Waals surface area contributed by atoms with Gasteiger partial charge in [0.25, 0.3) is 0 Å². The second-order valence-corrected chi connectivity index (χ2v) is 5.91.